The van der Waals surface area contributed by atoms with Crippen molar-refractivity contribution in [2.45, 2.75) is 6.18 Å². The maximum atomic E-state index is 13.3. The van der Waals surface area contributed by atoms with Gasteiger partial charge in [-0.3, -0.25) is 4.79 Å². The molecule has 0 aromatic heterocycles. The third-order valence-electron chi connectivity index (χ3n) is 4.89. The first-order chi connectivity index (χ1) is 16.2. The minimum atomic E-state index is -4.62. The lowest BCUT2D eigenvalue weighted by molar-refractivity contribution is -0.138. The van der Waals surface area contributed by atoms with Crippen molar-refractivity contribution in [3.63, 3.8) is 0 Å². The predicted molar refractivity (Wildman–Crippen MR) is 123 cm³/mol. The highest BCUT2D eigenvalue weighted by atomic mass is 19.4. The Morgan fingerprint density at radius 2 is 1.06 bits per heavy atom. The molecule has 4 rings (SSSR count). The van der Waals surface area contributed by atoms with Crippen LogP contribution >= 0.6 is 0 Å². The summed E-state index contributed by atoms with van der Waals surface area (Å²) in [5, 5.41) is 0. The molecular weight excluding hydrogens is 445 g/mol. The van der Waals surface area contributed by atoms with Crippen LogP contribution in [0, 0.1) is 0 Å². The van der Waals surface area contributed by atoms with Crippen molar-refractivity contribution >= 4 is 17.2 Å². The Morgan fingerprint density at radius 3 is 1.56 bits per heavy atom. The molecule has 4 aromatic carbocycles. The van der Waals surface area contributed by atoms with Crippen LogP contribution in [0.5, 0.6) is 23.0 Å². The molecular formula is C26H19F3N2O3. The summed E-state index contributed by atoms with van der Waals surface area (Å²) in [6, 6.07) is 22.6. The average molecular weight is 464 g/mol. The number of alkyl halides is 3. The number of ketones is 1. The van der Waals surface area contributed by atoms with Crippen LogP contribution in [0.25, 0.3) is 0 Å². The molecule has 0 aliphatic rings. The van der Waals surface area contributed by atoms with E-state index in [1.54, 1.807) is 48.5 Å². The first-order valence-electron chi connectivity index (χ1n) is 10.1. The number of ether oxygens (including phenoxy) is 2. The van der Waals surface area contributed by atoms with Crippen molar-refractivity contribution in [3.05, 3.63) is 108 Å². The lowest BCUT2D eigenvalue weighted by Crippen LogP contribution is -2.08. The number of hydrogen-bond donors (Lipinski definition) is 2. The van der Waals surface area contributed by atoms with Crippen LogP contribution in [0.3, 0.4) is 0 Å². The van der Waals surface area contributed by atoms with Crippen molar-refractivity contribution in [2.24, 2.45) is 0 Å². The fourth-order valence-electron chi connectivity index (χ4n) is 3.17. The van der Waals surface area contributed by atoms with E-state index in [1.165, 1.54) is 30.3 Å². The van der Waals surface area contributed by atoms with Gasteiger partial charge >= 0.3 is 6.18 Å². The topological polar surface area (TPSA) is 87.6 Å². The number of hydrogen-bond acceptors (Lipinski definition) is 5. The SMILES string of the molecule is Nc1ccc(Oc2ccc(C(=O)c3ccc(Oc4ccc(N)cc4C(F)(F)F)cc3)cc2)cc1. The standard InChI is InChI=1S/C26H19F3N2O3/c27-26(28,29)23-15-19(31)7-14-24(23)34-22-10-3-17(4-11-22)25(32)16-1-8-20(9-2-16)33-21-12-5-18(30)6-13-21/h1-15H,30-31H2. The summed E-state index contributed by atoms with van der Waals surface area (Å²) >= 11 is 0. The zero-order chi connectivity index (χ0) is 24.3. The molecule has 0 amide bonds. The number of carbonyl (C=O) groups is 1. The predicted octanol–water partition coefficient (Wildman–Crippen LogP) is 6.69. The van der Waals surface area contributed by atoms with Crippen LogP contribution < -0.4 is 20.9 Å². The first-order valence-corrected chi connectivity index (χ1v) is 10.1. The third kappa shape index (κ3) is 5.29. The molecule has 4 aromatic rings. The highest BCUT2D eigenvalue weighted by Gasteiger charge is 2.34. The average Bonchev–Trinajstić information content (AvgIpc) is 2.82. The number of halogens is 3. The van der Waals surface area contributed by atoms with Crippen molar-refractivity contribution in [2.75, 3.05) is 11.5 Å². The van der Waals surface area contributed by atoms with Crippen molar-refractivity contribution < 1.29 is 27.4 Å². The number of rotatable bonds is 6. The molecule has 0 unspecified atom stereocenters. The van der Waals surface area contributed by atoms with Crippen molar-refractivity contribution in [1.29, 1.82) is 0 Å². The summed E-state index contributed by atoms with van der Waals surface area (Å²) in [5.74, 6) is 0.679. The maximum absolute atomic E-state index is 13.3. The van der Waals surface area contributed by atoms with E-state index >= 15 is 0 Å². The van der Waals surface area contributed by atoms with Crippen LogP contribution in [0.2, 0.25) is 0 Å². The number of nitrogens with two attached hydrogens (primary N) is 2. The number of carbonyl (C=O) groups excluding carboxylic acids is 1. The fraction of sp³-hybridized carbons (Fsp3) is 0.0385. The molecule has 8 heteroatoms. The molecule has 0 saturated heterocycles. The molecule has 0 atom stereocenters. The molecule has 0 saturated carbocycles. The van der Waals surface area contributed by atoms with Gasteiger partial charge in [0.25, 0.3) is 0 Å². The summed E-state index contributed by atoms with van der Waals surface area (Å²) in [6.45, 7) is 0. The summed E-state index contributed by atoms with van der Waals surface area (Å²) in [4.78, 5) is 12.8. The van der Waals surface area contributed by atoms with Crippen LogP contribution in [0.1, 0.15) is 21.5 Å². The largest absolute Gasteiger partial charge is 0.457 e. The minimum Gasteiger partial charge on any atom is -0.457 e. The van der Waals surface area contributed by atoms with Gasteiger partial charge in [0.2, 0.25) is 0 Å². The number of benzene rings is 4. The van der Waals surface area contributed by atoms with Gasteiger partial charge < -0.3 is 20.9 Å². The highest BCUT2D eigenvalue weighted by Crippen LogP contribution is 2.39. The molecule has 5 nitrogen and oxygen atoms in total. The van der Waals surface area contributed by atoms with E-state index in [-0.39, 0.29) is 23.0 Å². The van der Waals surface area contributed by atoms with E-state index in [0.29, 0.717) is 28.3 Å². The van der Waals surface area contributed by atoms with E-state index in [9.17, 15) is 18.0 Å². The number of nitrogen functional groups attached to an aromatic ring is 2. The van der Waals surface area contributed by atoms with E-state index in [4.69, 9.17) is 20.9 Å². The van der Waals surface area contributed by atoms with Gasteiger partial charge in [0, 0.05) is 22.5 Å². The van der Waals surface area contributed by atoms with Gasteiger partial charge in [-0.05, 0) is 91.0 Å². The number of anilines is 2. The van der Waals surface area contributed by atoms with Gasteiger partial charge in [0.1, 0.15) is 28.6 Å². The molecule has 4 N–H and O–H groups in total. The summed E-state index contributed by atoms with van der Waals surface area (Å²) < 4.78 is 50.9. The Labute approximate surface area is 193 Å². The monoisotopic (exact) mass is 464 g/mol. The van der Waals surface area contributed by atoms with Gasteiger partial charge in [-0.2, -0.15) is 13.2 Å². The zero-order valence-corrected chi connectivity index (χ0v) is 17.7. The van der Waals surface area contributed by atoms with Crippen LogP contribution in [-0.4, -0.2) is 5.78 Å². The van der Waals surface area contributed by atoms with Gasteiger partial charge in [0.05, 0.1) is 0 Å². The summed E-state index contributed by atoms with van der Waals surface area (Å²) in [6.07, 6.45) is -4.62. The Bertz CT molecular complexity index is 1300. The summed E-state index contributed by atoms with van der Waals surface area (Å²) in [5.41, 5.74) is 11.5. The minimum absolute atomic E-state index is 0.0227. The molecule has 0 fully saturated rings. The van der Waals surface area contributed by atoms with E-state index < -0.39 is 11.7 Å². The quantitative estimate of drug-likeness (QED) is 0.245. The molecule has 0 aliphatic heterocycles. The first kappa shape index (κ1) is 22.7. The van der Waals surface area contributed by atoms with Gasteiger partial charge in [-0.25, -0.2) is 0 Å². The normalized spacial score (nSPS) is 11.1. The molecule has 0 aliphatic carbocycles. The molecule has 0 bridgehead atoms. The Kier molecular flexibility index (Phi) is 6.14. The van der Waals surface area contributed by atoms with Gasteiger partial charge in [-0.15, -0.1) is 0 Å². The molecule has 0 radical (unpaired) electrons. The van der Waals surface area contributed by atoms with Gasteiger partial charge in [0.15, 0.2) is 5.78 Å². The Balaban J connectivity index is 1.46. The lowest BCUT2D eigenvalue weighted by Gasteiger charge is -2.14. The van der Waals surface area contributed by atoms with E-state index in [1.807, 2.05) is 0 Å². The smallest absolute Gasteiger partial charge is 0.420 e. The zero-order valence-electron chi connectivity index (χ0n) is 17.7. The maximum Gasteiger partial charge on any atom is 0.420 e. The van der Waals surface area contributed by atoms with Crippen molar-refractivity contribution in [1.82, 2.24) is 0 Å². The summed E-state index contributed by atoms with van der Waals surface area (Å²) in [7, 11) is 0. The van der Waals surface area contributed by atoms with Crippen LogP contribution in [-0.2, 0) is 6.18 Å². The Morgan fingerprint density at radius 1 is 0.618 bits per heavy atom. The third-order valence-corrected chi connectivity index (χ3v) is 4.89. The van der Waals surface area contributed by atoms with Crippen molar-refractivity contribution in [3.8, 4) is 23.0 Å². The molecule has 0 spiro atoms. The van der Waals surface area contributed by atoms with E-state index in [0.717, 1.165) is 12.1 Å². The van der Waals surface area contributed by atoms with Gasteiger partial charge in [-0.1, -0.05) is 0 Å². The molecule has 34 heavy (non-hydrogen) atoms. The van der Waals surface area contributed by atoms with Crippen LogP contribution in [0.4, 0.5) is 24.5 Å². The second-order valence-electron chi connectivity index (χ2n) is 7.40. The second kappa shape index (κ2) is 9.19. The fourth-order valence-corrected chi connectivity index (χ4v) is 3.17. The Hall–Kier alpha value is -4.46. The lowest BCUT2D eigenvalue weighted by atomic mass is 10.0. The van der Waals surface area contributed by atoms with E-state index in [2.05, 4.69) is 0 Å². The molecule has 172 valence electrons. The second-order valence-corrected chi connectivity index (χ2v) is 7.40. The molecule has 0 heterocycles. The highest BCUT2D eigenvalue weighted by molar-refractivity contribution is 6.09. The van der Waals surface area contributed by atoms with Crippen LogP contribution in [0.15, 0.2) is 91.0 Å².